The predicted octanol–water partition coefficient (Wildman–Crippen LogP) is 3.87. The Morgan fingerprint density at radius 3 is 2.80 bits per heavy atom. The Labute approximate surface area is 101 Å². The van der Waals surface area contributed by atoms with Crippen LogP contribution in [0.3, 0.4) is 0 Å². The van der Waals surface area contributed by atoms with Crippen LogP contribution < -0.4 is 0 Å². The summed E-state index contributed by atoms with van der Waals surface area (Å²) in [4.78, 5) is 8.18. The van der Waals surface area contributed by atoms with Crippen LogP contribution in [-0.2, 0) is 0 Å². The molecule has 0 fully saturated rings. The molecule has 0 radical (unpaired) electrons. The Balaban J connectivity index is 2.68. The van der Waals surface area contributed by atoms with Crippen LogP contribution >= 0.6 is 27.5 Å². The van der Waals surface area contributed by atoms with Crippen molar-refractivity contribution in [1.29, 1.82) is 0 Å². The quantitative estimate of drug-likeness (QED) is 0.743. The summed E-state index contributed by atoms with van der Waals surface area (Å²) in [5.41, 5.74) is 2.98. The van der Waals surface area contributed by atoms with E-state index in [1.807, 2.05) is 19.1 Å². The molecular formula is C11H8BrClN2. The normalized spacial score (nSPS) is 10.3. The van der Waals surface area contributed by atoms with Gasteiger partial charge in [-0.2, -0.15) is 0 Å². The molecule has 0 saturated carbocycles. The highest BCUT2D eigenvalue weighted by Gasteiger charge is 2.10. The summed E-state index contributed by atoms with van der Waals surface area (Å²) < 4.78 is 0.950. The first kappa shape index (κ1) is 10.6. The van der Waals surface area contributed by atoms with Gasteiger partial charge in [0.25, 0.3) is 0 Å². The maximum Gasteiger partial charge on any atom is 0.137 e. The van der Waals surface area contributed by atoms with Crippen molar-refractivity contribution in [3.8, 4) is 11.1 Å². The van der Waals surface area contributed by atoms with Crippen molar-refractivity contribution in [3.63, 3.8) is 0 Å². The average molecular weight is 284 g/mol. The van der Waals surface area contributed by atoms with Crippen LogP contribution in [0, 0.1) is 6.92 Å². The van der Waals surface area contributed by atoms with Crippen LogP contribution in [0.2, 0.25) is 5.15 Å². The van der Waals surface area contributed by atoms with Gasteiger partial charge in [0.2, 0.25) is 0 Å². The van der Waals surface area contributed by atoms with Gasteiger partial charge in [0, 0.05) is 34.2 Å². The summed E-state index contributed by atoms with van der Waals surface area (Å²) in [5, 5.41) is 0.503. The zero-order valence-electron chi connectivity index (χ0n) is 8.04. The van der Waals surface area contributed by atoms with Crippen LogP contribution in [0.25, 0.3) is 11.1 Å². The van der Waals surface area contributed by atoms with Crippen molar-refractivity contribution < 1.29 is 0 Å². The molecule has 0 spiro atoms. The molecule has 2 heterocycles. The zero-order chi connectivity index (χ0) is 10.8. The van der Waals surface area contributed by atoms with Gasteiger partial charge in [0.1, 0.15) is 5.15 Å². The van der Waals surface area contributed by atoms with Crippen LogP contribution in [0.5, 0.6) is 0 Å². The minimum atomic E-state index is 0.503. The monoisotopic (exact) mass is 282 g/mol. The van der Waals surface area contributed by atoms with E-state index in [4.69, 9.17) is 11.6 Å². The number of hydrogen-bond donors (Lipinski definition) is 0. The first-order valence-electron chi connectivity index (χ1n) is 4.41. The first-order chi connectivity index (χ1) is 7.20. The standard InChI is InChI=1S/C11H8BrClN2/c1-7-9(12)6-15-11(13)10(7)8-3-2-4-14-5-8/h2-6H,1H3. The van der Waals surface area contributed by atoms with Gasteiger partial charge in [-0.1, -0.05) is 17.7 Å². The Bertz CT molecular complexity index is 485. The highest BCUT2D eigenvalue weighted by molar-refractivity contribution is 9.10. The van der Waals surface area contributed by atoms with E-state index >= 15 is 0 Å². The number of halogens is 2. The van der Waals surface area contributed by atoms with Gasteiger partial charge >= 0.3 is 0 Å². The molecule has 0 aliphatic heterocycles. The minimum absolute atomic E-state index is 0.503. The van der Waals surface area contributed by atoms with Crippen molar-refractivity contribution in [3.05, 3.63) is 45.9 Å². The minimum Gasteiger partial charge on any atom is -0.264 e. The first-order valence-corrected chi connectivity index (χ1v) is 5.58. The molecule has 2 rings (SSSR count). The van der Waals surface area contributed by atoms with Crippen LogP contribution in [-0.4, -0.2) is 9.97 Å². The fourth-order valence-corrected chi connectivity index (χ4v) is 2.00. The maximum atomic E-state index is 6.08. The van der Waals surface area contributed by atoms with E-state index in [-0.39, 0.29) is 0 Å². The second kappa shape index (κ2) is 4.29. The van der Waals surface area contributed by atoms with Crippen molar-refractivity contribution in [2.75, 3.05) is 0 Å². The fourth-order valence-electron chi connectivity index (χ4n) is 1.40. The SMILES string of the molecule is Cc1c(Br)cnc(Cl)c1-c1cccnc1. The van der Waals surface area contributed by atoms with Gasteiger partial charge in [-0.15, -0.1) is 0 Å². The lowest BCUT2D eigenvalue weighted by Gasteiger charge is -2.08. The second-order valence-electron chi connectivity index (χ2n) is 3.14. The second-order valence-corrected chi connectivity index (χ2v) is 4.35. The van der Waals surface area contributed by atoms with E-state index in [0.29, 0.717) is 5.15 Å². The molecule has 4 heteroatoms. The molecule has 0 aliphatic carbocycles. The summed E-state index contributed by atoms with van der Waals surface area (Å²) in [6.07, 6.45) is 5.22. The number of hydrogen-bond acceptors (Lipinski definition) is 2. The molecule has 0 saturated heterocycles. The topological polar surface area (TPSA) is 25.8 Å². The third-order valence-corrected chi connectivity index (χ3v) is 3.27. The van der Waals surface area contributed by atoms with Crippen molar-refractivity contribution >= 4 is 27.5 Å². The Hall–Kier alpha value is -0.930. The number of nitrogens with zero attached hydrogens (tertiary/aromatic N) is 2. The summed E-state index contributed by atoms with van der Waals surface area (Å²) in [7, 11) is 0. The number of rotatable bonds is 1. The molecule has 2 aromatic rings. The Kier molecular flexibility index (Phi) is 3.03. The summed E-state index contributed by atoms with van der Waals surface area (Å²) >= 11 is 9.51. The molecule has 0 aromatic carbocycles. The highest BCUT2D eigenvalue weighted by atomic mass is 79.9. The van der Waals surface area contributed by atoms with Gasteiger partial charge in [-0.3, -0.25) is 4.98 Å². The van der Waals surface area contributed by atoms with Crippen LogP contribution in [0.4, 0.5) is 0 Å². The van der Waals surface area contributed by atoms with E-state index in [0.717, 1.165) is 21.2 Å². The third kappa shape index (κ3) is 2.03. The molecule has 15 heavy (non-hydrogen) atoms. The molecule has 0 unspecified atom stereocenters. The van der Waals surface area contributed by atoms with Gasteiger partial charge in [0.15, 0.2) is 0 Å². The molecule has 0 atom stereocenters. The molecular weight excluding hydrogens is 275 g/mol. The van der Waals surface area contributed by atoms with Crippen molar-refractivity contribution in [2.45, 2.75) is 6.92 Å². The average Bonchev–Trinajstić information content (AvgIpc) is 2.26. The van der Waals surface area contributed by atoms with E-state index in [2.05, 4.69) is 25.9 Å². The lowest BCUT2D eigenvalue weighted by Crippen LogP contribution is -1.90. The zero-order valence-corrected chi connectivity index (χ0v) is 10.4. The van der Waals surface area contributed by atoms with Crippen LogP contribution in [0.15, 0.2) is 35.2 Å². The van der Waals surface area contributed by atoms with E-state index in [1.54, 1.807) is 18.6 Å². The molecule has 0 aliphatic rings. The highest BCUT2D eigenvalue weighted by Crippen LogP contribution is 2.32. The lowest BCUT2D eigenvalue weighted by atomic mass is 10.1. The van der Waals surface area contributed by atoms with Crippen molar-refractivity contribution in [1.82, 2.24) is 9.97 Å². The molecule has 2 aromatic heterocycles. The molecule has 2 nitrogen and oxygen atoms in total. The third-order valence-electron chi connectivity index (χ3n) is 2.18. The Morgan fingerprint density at radius 1 is 1.33 bits per heavy atom. The van der Waals surface area contributed by atoms with Gasteiger partial charge in [0.05, 0.1) is 0 Å². The number of aromatic nitrogens is 2. The maximum absolute atomic E-state index is 6.08. The van der Waals surface area contributed by atoms with Crippen LogP contribution in [0.1, 0.15) is 5.56 Å². The largest absolute Gasteiger partial charge is 0.264 e. The molecule has 0 amide bonds. The summed E-state index contributed by atoms with van der Waals surface area (Å²) in [6.45, 7) is 2.00. The van der Waals surface area contributed by atoms with Gasteiger partial charge < -0.3 is 0 Å². The molecule has 76 valence electrons. The van der Waals surface area contributed by atoms with E-state index in [1.165, 1.54) is 0 Å². The van der Waals surface area contributed by atoms with E-state index < -0.39 is 0 Å². The predicted molar refractivity (Wildman–Crippen MR) is 64.9 cm³/mol. The Morgan fingerprint density at radius 2 is 2.13 bits per heavy atom. The fraction of sp³-hybridized carbons (Fsp3) is 0.0909. The smallest absolute Gasteiger partial charge is 0.137 e. The molecule has 0 N–H and O–H groups in total. The summed E-state index contributed by atoms with van der Waals surface area (Å²) in [6, 6.07) is 3.85. The van der Waals surface area contributed by atoms with Gasteiger partial charge in [-0.05, 0) is 34.5 Å². The van der Waals surface area contributed by atoms with Gasteiger partial charge in [-0.25, -0.2) is 4.98 Å². The lowest BCUT2D eigenvalue weighted by molar-refractivity contribution is 1.25. The molecule has 0 bridgehead atoms. The summed E-state index contributed by atoms with van der Waals surface area (Å²) in [5.74, 6) is 0. The van der Waals surface area contributed by atoms with Crippen molar-refractivity contribution in [2.24, 2.45) is 0 Å². The van der Waals surface area contributed by atoms with E-state index in [9.17, 15) is 0 Å². The number of pyridine rings is 2.